The molecule has 2 aromatic carbocycles. The Balaban J connectivity index is 1.46. The Kier molecular flexibility index (Phi) is 11.6. The number of sulfonamides is 1. The van der Waals surface area contributed by atoms with Crippen LogP contribution in [0.25, 0.3) is 22.0 Å². The zero-order chi connectivity index (χ0) is 48.1. The molecule has 1 N–H and O–H groups in total. The molecule has 1 saturated carbocycles. The van der Waals surface area contributed by atoms with Gasteiger partial charge in [-0.15, -0.1) is 0 Å². The van der Waals surface area contributed by atoms with Crippen LogP contribution in [0.5, 0.6) is 0 Å². The monoisotopic (exact) mass is 981 g/mol. The van der Waals surface area contributed by atoms with Crippen LogP contribution in [-0.4, -0.2) is 77.8 Å². The first kappa shape index (κ1) is 47.5. The molecule has 3 aromatic heterocycles. The van der Waals surface area contributed by atoms with E-state index in [1.165, 1.54) is 38.1 Å². The summed E-state index contributed by atoms with van der Waals surface area (Å²) in [5.74, 6) is -5.32. The number of halogens is 11. The van der Waals surface area contributed by atoms with E-state index in [-0.39, 0.29) is 49.6 Å². The molecule has 12 nitrogen and oxygen atoms in total. The molecule has 3 atom stereocenters. The van der Waals surface area contributed by atoms with Crippen molar-refractivity contribution < 1.29 is 65.5 Å². The van der Waals surface area contributed by atoms with E-state index in [2.05, 4.69) is 32.3 Å². The molecule has 2 aliphatic carbocycles. The van der Waals surface area contributed by atoms with Crippen molar-refractivity contribution in [1.82, 2.24) is 29.9 Å². The van der Waals surface area contributed by atoms with Gasteiger partial charge in [0.15, 0.2) is 21.3 Å². The zero-order valence-corrected chi connectivity index (χ0v) is 36.7. The van der Waals surface area contributed by atoms with Crippen LogP contribution in [0.2, 0.25) is 5.02 Å². The summed E-state index contributed by atoms with van der Waals surface area (Å²) in [7, 11) is -7.05. The van der Waals surface area contributed by atoms with Crippen LogP contribution < -0.4 is 9.62 Å². The van der Waals surface area contributed by atoms with Crippen LogP contribution in [0.3, 0.4) is 0 Å². The fourth-order valence-corrected chi connectivity index (χ4v) is 8.55. The fraction of sp³-hybridized carbons (Fsp3) is 0.400. The number of pyridine rings is 1. The summed E-state index contributed by atoms with van der Waals surface area (Å²) in [6.45, 7) is -0.534. The lowest BCUT2D eigenvalue weighted by molar-refractivity contribution is -0.143. The van der Waals surface area contributed by atoms with Gasteiger partial charge in [-0.2, -0.15) is 45.3 Å². The maximum absolute atomic E-state index is 15.5. The summed E-state index contributed by atoms with van der Waals surface area (Å²) in [5, 5.41) is 9.20. The van der Waals surface area contributed by atoms with E-state index in [0.29, 0.717) is 15.1 Å². The average Bonchev–Trinajstić information content (AvgIpc) is 3.66. The van der Waals surface area contributed by atoms with Crippen molar-refractivity contribution in [3.63, 3.8) is 0 Å². The van der Waals surface area contributed by atoms with Crippen LogP contribution in [0.4, 0.5) is 49.7 Å². The number of hydrogen-bond donors (Lipinski definition) is 1. The van der Waals surface area contributed by atoms with Gasteiger partial charge in [-0.1, -0.05) is 23.6 Å². The summed E-state index contributed by atoms with van der Waals surface area (Å²) in [5.41, 5.74) is -5.12. The SMILES string of the molecule is CN(c1nn(CC(F)(F)F)c2c(-c3ccc(C#CC(C)(C)S(C)(=O)=O)nc3C(Cc3cc(F)cc(F)c3)NC(=O)Cn3nc(C(F)(F)F)c4c3C(F)(F)[C@@H]3C[C@H]43)ccc(Cl)c12)S(C)(=O)=O. The Hall–Kier alpha value is -5.41. The second kappa shape index (κ2) is 15.9. The molecule has 0 bridgehead atoms. The number of benzene rings is 2. The van der Waals surface area contributed by atoms with E-state index in [0.717, 1.165) is 31.7 Å². The van der Waals surface area contributed by atoms with E-state index < -0.39 is 126 Å². The third kappa shape index (κ3) is 9.23. The number of alkyl halides is 8. The normalized spacial score (nSPS) is 17.6. The molecule has 0 saturated heterocycles. The van der Waals surface area contributed by atoms with Gasteiger partial charge in [0, 0.05) is 42.0 Å². The van der Waals surface area contributed by atoms with E-state index in [1.54, 1.807) is 0 Å². The highest BCUT2D eigenvalue weighted by Crippen LogP contribution is 2.68. The van der Waals surface area contributed by atoms with Crippen LogP contribution in [0.1, 0.15) is 66.1 Å². The largest absolute Gasteiger partial charge is 0.435 e. The molecule has 1 fully saturated rings. The summed E-state index contributed by atoms with van der Waals surface area (Å²) in [4.78, 5) is 18.6. The molecular weight excluding hydrogens is 948 g/mol. The number of amides is 1. The lowest BCUT2D eigenvalue weighted by Crippen LogP contribution is -2.35. The standard InChI is InChI=1S/C40H34ClF10N7O5S2/c1-37(2,64(4,60)61)11-10-22-6-7-23(24-8-9-27(41)31-33(24)58(18-38(44,45)46)55-36(31)56(3)65(5,62)63)32(52-22)28(14-19-12-20(42)15-21(43)13-19)53-29(59)17-57-35-30(34(54-57)40(49,50)51)25-16-26(25)39(35,47)48/h6-9,12-13,15,25-26,28H,14,16-18H2,1-5H3,(H,53,59)/t25-,26+,28?/m0/s1. The van der Waals surface area contributed by atoms with Crippen molar-refractivity contribution in [2.45, 2.75) is 74.8 Å². The van der Waals surface area contributed by atoms with Crippen molar-refractivity contribution >= 4 is 54.1 Å². The van der Waals surface area contributed by atoms with Crippen molar-refractivity contribution in [1.29, 1.82) is 0 Å². The van der Waals surface area contributed by atoms with E-state index in [4.69, 9.17) is 11.6 Å². The average molecular weight is 982 g/mol. The fourth-order valence-electron chi connectivity index (χ4n) is 7.64. The molecular formula is C40H34ClF10N7O5S2. The molecule has 0 aliphatic heterocycles. The number of anilines is 1. The highest BCUT2D eigenvalue weighted by atomic mass is 35.5. The number of hydrogen-bond acceptors (Lipinski definition) is 8. The first-order valence-corrected chi connectivity index (χ1v) is 23.1. The predicted molar refractivity (Wildman–Crippen MR) is 216 cm³/mol. The minimum atomic E-state index is -5.19. The lowest BCUT2D eigenvalue weighted by atomic mass is 9.93. The van der Waals surface area contributed by atoms with Crippen molar-refractivity contribution in [2.75, 3.05) is 23.9 Å². The van der Waals surface area contributed by atoms with Gasteiger partial charge in [-0.3, -0.25) is 18.5 Å². The summed E-state index contributed by atoms with van der Waals surface area (Å²) >= 11 is 6.53. The van der Waals surface area contributed by atoms with Crippen LogP contribution in [0, 0.1) is 29.4 Å². The molecule has 7 rings (SSSR count). The number of carbonyl (C=O) groups excluding carboxylic acids is 1. The molecule has 25 heteroatoms. The minimum absolute atomic E-state index is 0.190. The van der Waals surface area contributed by atoms with Gasteiger partial charge in [-0.25, -0.2) is 30.6 Å². The third-order valence-electron chi connectivity index (χ3n) is 11.1. The quantitative estimate of drug-likeness (QED) is 0.105. The van der Waals surface area contributed by atoms with E-state index >= 15 is 8.78 Å². The Bertz CT molecular complexity index is 3070. The highest BCUT2D eigenvalue weighted by Gasteiger charge is 2.68. The number of fused-ring (bicyclic) bond motifs is 4. The molecule has 348 valence electrons. The number of nitrogens with zero attached hydrogens (tertiary/aromatic N) is 6. The predicted octanol–water partition coefficient (Wildman–Crippen LogP) is 7.69. The summed E-state index contributed by atoms with van der Waals surface area (Å²) in [6, 6.07) is 5.30. The topological polar surface area (TPSA) is 149 Å². The number of nitrogens with one attached hydrogen (secondary N) is 1. The van der Waals surface area contributed by atoms with Gasteiger partial charge >= 0.3 is 12.4 Å². The Morgan fingerprint density at radius 3 is 2.18 bits per heavy atom. The molecule has 0 radical (unpaired) electrons. The van der Waals surface area contributed by atoms with Gasteiger partial charge in [0.2, 0.25) is 15.9 Å². The maximum Gasteiger partial charge on any atom is 0.435 e. The number of sulfone groups is 1. The summed E-state index contributed by atoms with van der Waals surface area (Å²) in [6.07, 6.45) is -9.40. The molecule has 1 amide bonds. The van der Waals surface area contributed by atoms with Gasteiger partial charge in [0.1, 0.15) is 40.9 Å². The molecule has 5 aromatic rings. The zero-order valence-electron chi connectivity index (χ0n) is 34.3. The first-order valence-electron chi connectivity index (χ1n) is 19.0. The number of carbonyl (C=O) groups is 1. The van der Waals surface area contributed by atoms with Crippen molar-refractivity contribution in [3.05, 3.63) is 93.0 Å². The van der Waals surface area contributed by atoms with Crippen molar-refractivity contribution in [2.24, 2.45) is 5.92 Å². The lowest BCUT2D eigenvalue weighted by Gasteiger charge is -2.23. The van der Waals surface area contributed by atoms with E-state index in [1.807, 2.05) is 0 Å². The second-order valence-electron chi connectivity index (χ2n) is 16.2. The Morgan fingerprint density at radius 2 is 1.60 bits per heavy atom. The van der Waals surface area contributed by atoms with Gasteiger partial charge in [0.05, 0.1) is 33.9 Å². The second-order valence-corrected chi connectivity index (χ2v) is 21.2. The molecule has 2 aliphatic rings. The summed E-state index contributed by atoms with van der Waals surface area (Å²) < 4.78 is 195. The molecule has 0 spiro atoms. The highest BCUT2D eigenvalue weighted by molar-refractivity contribution is 7.92. The first-order chi connectivity index (χ1) is 29.8. The van der Waals surface area contributed by atoms with Crippen molar-refractivity contribution in [3.8, 4) is 23.0 Å². The van der Waals surface area contributed by atoms with Crippen LogP contribution >= 0.6 is 11.6 Å². The maximum atomic E-state index is 15.5. The van der Waals surface area contributed by atoms with Crippen LogP contribution in [-0.2, 0) is 56.3 Å². The smallest absolute Gasteiger partial charge is 0.346 e. The minimum Gasteiger partial charge on any atom is -0.346 e. The molecule has 3 heterocycles. The molecule has 65 heavy (non-hydrogen) atoms. The third-order valence-corrected chi connectivity index (χ3v) is 14.5. The number of aromatic nitrogens is 5. The Morgan fingerprint density at radius 1 is 0.969 bits per heavy atom. The van der Waals surface area contributed by atoms with Crippen LogP contribution in [0.15, 0.2) is 42.5 Å². The number of rotatable bonds is 11. The van der Waals surface area contributed by atoms with Gasteiger partial charge in [-0.05, 0) is 74.4 Å². The Labute approximate surface area is 368 Å². The molecule has 1 unspecified atom stereocenters. The van der Waals surface area contributed by atoms with E-state index in [9.17, 15) is 56.8 Å². The van der Waals surface area contributed by atoms with Gasteiger partial charge in [0.25, 0.3) is 5.92 Å². The van der Waals surface area contributed by atoms with Gasteiger partial charge < -0.3 is 5.32 Å².